The van der Waals surface area contributed by atoms with E-state index < -0.39 is 6.10 Å². The van der Waals surface area contributed by atoms with E-state index in [1.807, 2.05) is 38.1 Å². The normalized spacial score (nSPS) is 14.1. The number of aliphatic hydroxyl groups excluding tert-OH is 1. The zero-order chi connectivity index (χ0) is 15.4. The van der Waals surface area contributed by atoms with Crippen LogP contribution in [0.5, 0.6) is 0 Å². The third-order valence-corrected chi connectivity index (χ3v) is 3.93. The van der Waals surface area contributed by atoms with Gasteiger partial charge in [0.05, 0.1) is 42.3 Å². The van der Waals surface area contributed by atoms with Crippen LogP contribution < -0.4 is 0 Å². The molecule has 6 heteroatoms. The van der Waals surface area contributed by atoms with Crippen molar-refractivity contribution in [3.63, 3.8) is 0 Å². The second-order valence-corrected chi connectivity index (χ2v) is 5.78. The Hall–Kier alpha value is -1.07. The van der Waals surface area contributed by atoms with Crippen molar-refractivity contribution >= 4 is 23.2 Å². The number of rotatable bonds is 6. The Balaban J connectivity index is 1.84. The Morgan fingerprint density at radius 2 is 1.95 bits per heavy atom. The molecule has 1 aromatic carbocycles. The zero-order valence-corrected chi connectivity index (χ0v) is 13.5. The van der Waals surface area contributed by atoms with E-state index in [1.54, 1.807) is 10.9 Å². The van der Waals surface area contributed by atoms with E-state index in [2.05, 4.69) is 5.10 Å². The molecule has 2 aromatic rings. The van der Waals surface area contributed by atoms with Crippen LogP contribution in [-0.4, -0.2) is 27.6 Å². The molecule has 0 amide bonds. The lowest BCUT2D eigenvalue weighted by atomic mass is 10.1. The Labute approximate surface area is 134 Å². The molecule has 1 heterocycles. The Kier molecular flexibility index (Phi) is 5.65. The van der Waals surface area contributed by atoms with Crippen LogP contribution in [0.2, 0.25) is 10.0 Å². The summed E-state index contributed by atoms with van der Waals surface area (Å²) in [4.78, 5) is 0. The molecule has 0 fully saturated rings. The van der Waals surface area contributed by atoms with Gasteiger partial charge in [-0.3, -0.25) is 4.68 Å². The van der Waals surface area contributed by atoms with Crippen LogP contribution >= 0.6 is 23.2 Å². The van der Waals surface area contributed by atoms with Crippen LogP contribution in [0.1, 0.15) is 24.3 Å². The third-order valence-electron chi connectivity index (χ3n) is 3.30. The molecule has 2 atom stereocenters. The summed E-state index contributed by atoms with van der Waals surface area (Å²) in [5.41, 5.74) is 1.85. The molecule has 0 aliphatic heterocycles. The predicted octanol–water partition coefficient (Wildman–Crippen LogP) is 3.64. The molecule has 114 valence electrons. The van der Waals surface area contributed by atoms with Crippen LogP contribution in [0.4, 0.5) is 0 Å². The zero-order valence-electron chi connectivity index (χ0n) is 12.0. The van der Waals surface area contributed by atoms with Crippen molar-refractivity contribution in [1.82, 2.24) is 9.78 Å². The van der Waals surface area contributed by atoms with E-state index >= 15 is 0 Å². The molecule has 0 aliphatic rings. The smallest absolute Gasteiger partial charge is 0.0969 e. The molecule has 4 nitrogen and oxygen atoms in total. The van der Waals surface area contributed by atoms with Crippen molar-refractivity contribution in [2.75, 3.05) is 6.61 Å². The first-order valence-electron chi connectivity index (χ1n) is 6.70. The SMILES string of the molecule is Cc1c(Cl)cnn1CC(O)COC(C)c1ccc(Cl)cc1. The summed E-state index contributed by atoms with van der Waals surface area (Å²) in [5.74, 6) is 0. The summed E-state index contributed by atoms with van der Waals surface area (Å²) in [6, 6.07) is 7.47. The van der Waals surface area contributed by atoms with Crippen molar-refractivity contribution in [2.45, 2.75) is 32.6 Å². The first-order chi connectivity index (χ1) is 9.97. The van der Waals surface area contributed by atoms with E-state index in [1.165, 1.54) is 0 Å². The van der Waals surface area contributed by atoms with Crippen molar-refractivity contribution in [3.05, 3.63) is 51.8 Å². The molecule has 0 saturated heterocycles. The highest BCUT2D eigenvalue weighted by Crippen LogP contribution is 2.19. The van der Waals surface area contributed by atoms with Crippen LogP contribution in [0.3, 0.4) is 0 Å². The lowest BCUT2D eigenvalue weighted by molar-refractivity contribution is -0.0101. The van der Waals surface area contributed by atoms with Gasteiger partial charge < -0.3 is 9.84 Å². The summed E-state index contributed by atoms with van der Waals surface area (Å²) < 4.78 is 7.35. The van der Waals surface area contributed by atoms with Gasteiger partial charge in [0.25, 0.3) is 0 Å². The lowest BCUT2D eigenvalue weighted by Gasteiger charge is -2.17. The van der Waals surface area contributed by atoms with Crippen LogP contribution in [0.25, 0.3) is 0 Å². The number of nitrogens with zero attached hydrogens (tertiary/aromatic N) is 2. The topological polar surface area (TPSA) is 47.3 Å². The van der Waals surface area contributed by atoms with Crippen LogP contribution in [0, 0.1) is 6.92 Å². The molecule has 0 radical (unpaired) electrons. The number of hydrogen-bond acceptors (Lipinski definition) is 3. The minimum absolute atomic E-state index is 0.112. The van der Waals surface area contributed by atoms with Gasteiger partial charge in [-0.15, -0.1) is 0 Å². The van der Waals surface area contributed by atoms with Gasteiger partial charge in [0, 0.05) is 5.02 Å². The number of halogens is 2. The van der Waals surface area contributed by atoms with Gasteiger partial charge >= 0.3 is 0 Å². The Bertz CT molecular complexity index is 584. The van der Waals surface area contributed by atoms with E-state index in [9.17, 15) is 5.11 Å². The summed E-state index contributed by atoms with van der Waals surface area (Å²) >= 11 is 11.8. The Morgan fingerprint density at radius 1 is 1.29 bits per heavy atom. The van der Waals surface area contributed by atoms with Crippen molar-refractivity contribution in [3.8, 4) is 0 Å². The maximum Gasteiger partial charge on any atom is 0.0969 e. The minimum atomic E-state index is -0.644. The van der Waals surface area contributed by atoms with Crippen molar-refractivity contribution < 1.29 is 9.84 Å². The van der Waals surface area contributed by atoms with Gasteiger partial charge in [-0.25, -0.2) is 0 Å². The molecule has 1 N–H and O–H groups in total. The van der Waals surface area contributed by atoms with E-state index in [4.69, 9.17) is 27.9 Å². The average molecular weight is 329 g/mol. The van der Waals surface area contributed by atoms with E-state index in [-0.39, 0.29) is 12.7 Å². The highest BCUT2D eigenvalue weighted by Gasteiger charge is 2.13. The van der Waals surface area contributed by atoms with Crippen molar-refractivity contribution in [2.24, 2.45) is 0 Å². The molecule has 21 heavy (non-hydrogen) atoms. The highest BCUT2D eigenvalue weighted by atomic mass is 35.5. The molecule has 1 aromatic heterocycles. The maximum absolute atomic E-state index is 10.0. The quantitative estimate of drug-likeness (QED) is 0.880. The first kappa shape index (κ1) is 16.3. The number of ether oxygens (including phenoxy) is 1. The van der Waals surface area contributed by atoms with Gasteiger partial charge in [-0.1, -0.05) is 35.3 Å². The van der Waals surface area contributed by atoms with Gasteiger partial charge in [0.15, 0.2) is 0 Å². The third kappa shape index (κ3) is 4.45. The summed E-state index contributed by atoms with van der Waals surface area (Å²) in [5, 5.41) is 15.4. The molecule has 0 saturated carbocycles. The fourth-order valence-electron chi connectivity index (χ4n) is 1.95. The van der Waals surface area contributed by atoms with Gasteiger partial charge in [-0.2, -0.15) is 5.10 Å². The monoisotopic (exact) mass is 328 g/mol. The van der Waals surface area contributed by atoms with Crippen molar-refractivity contribution in [1.29, 1.82) is 0 Å². The molecule has 2 unspecified atom stereocenters. The maximum atomic E-state index is 10.0. The molecule has 2 rings (SSSR count). The summed E-state index contributed by atoms with van der Waals surface area (Å²) in [7, 11) is 0. The van der Waals surface area contributed by atoms with Crippen LogP contribution in [-0.2, 0) is 11.3 Å². The number of benzene rings is 1. The molecule has 0 bridgehead atoms. The fourth-order valence-corrected chi connectivity index (χ4v) is 2.21. The summed E-state index contributed by atoms with van der Waals surface area (Å²) in [6.07, 6.45) is 0.814. The second kappa shape index (κ2) is 7.27. The molecule has 0 aliphatic carbocycles. The van der Waals surface area contributed by atoms with Gasteiger partial charge in [0.2, 0.25) is 0 Å². The standard InChI is InChI=1S/C15H18Cl2N2O2/c1-10-15(17)7-18-19(10)8-14(20)9-21-11(2)12-3-5-13(16)6-4-12/h3-7,11,14,20H,8-9H2,1-2H3. The lowest BCUT2D eigenvalue weighted by Crippen LogP contribution is -2.24. The molecule has 0 spiro atoms. The highest BCUT2D eigenvalue weighted by molar-refractivity contribution is 6.31. The number of hydrogen-bond donors (Lipinski definition) is 1. The molecular weight excluding hydrogens is 311 g/mol. The van der Waals surface area contributed by atoms with Gasteiger partial charge in [-0.05, 0) is 31.5 Å². The average Bonchev–Trinajstić information content (AvgIpc) is 2.77. The Morgan fingerprint density at radius 3 is 2.52 bits per heavy atom. The predicted molar refractivity (Wildman–Crippen MR) is 83.8 cm³/mol. The van der Waals surface area contributed by atoms with Crippen LogP contribution in [0.15, 0.2) is 30.5 Å². The van der Waals surface area contributed by atoms with Gasteiger partial charge in [0.1, 0.15) is 0 Å². The van der Waals surface area contributed by atoms with E-state index in [0.29, 0.717) is 16.6 Å². The minimum Gasteiger partial charge on any atom is -0.389 e. The number of aromatic nitrogens is 2. The van der Waals surface area contributed by atoms with E-state index in [0.717, 1.165) is 11.3 Å². The first-order valence-corrected chi connectivity index (χ1v) is 7.46. The molecular formula is C15H18Cl2N2O2. The number of aliphatic hydroxyl groups is 1. The largest absolute Gasteiger partial charge is 0.389 e. The second-order valence-electron chi connectivity index (χ2n) is 4.94. The summed E-state index contributed by atoms with van der Waals surface area (Å²) in [6.45, 7) is 4.37. The fraction of sp³-hybridized carbons (Fsp3) is 0.400.